The Balaban J connectivity index is 1.10. The molecule has 3 aromatic rings. The van der Waals surface area contributed by atoms with Gasteiger partial charge in [-0.3, -0.25) is 29.4 Å². The number of ether oxygens (including phenoxy) is 2. The fraction of sp³-hybridized carbons (Fsp3) is 0.286. The van der Waals surface area contributed by atoms with Gasteiger partial charge >= 0.3 is 11.9 Å². The summed E-state index contributed by atoms with van der Waals surface area (Å²) in [6.07, 6.45) is 1.46. The summed E-state index contributed by atoms with van der Waals surface area (Å²) in [6, 6.07) is 9.35. The van der Waals surface area contributed by atoms with Gasteiger partial charge in [0.25, 0.3) is 17.5 Å². The lowest BCUT2D eigenvalue weighted by Crippen LogP contribution is -2.71. The van der Waals surface area contributed by atoms with Crippen molar-refractivity contribution in [2.45, 2.75) is 31.2 Å². The number of H-pyrrole nitrogens is 1. The predicted octanol–water partition coefficient (Wildman–Crippen LogP) is 2.52. The SMILES string of the molecule is CC(=O)OCC1=C(C(=O)O)N2C(=O)[C@@H](NC(=O)COc3ccc4c(c3)CCc3c-4[nH]c4cc([N+](=O)[O-])ccc34)[C@H]2SC1. The van der Waals surface area contributed by atoms with Gasteiger partial charge in [-0.2, -0.15) is 0 Å². The number of non-ortho nitro benzene ring substituents is 1. The van der Waals surface area contributed by atoms with E-state index < -0.39 is 40.1 Å². The van der Waals surface area contributed by atoms with Crippen molar-refractivity contribution in [2.24, 2.45) is 0 Å². The molecule has 3 N–H and O–H groups in total. The van der Waals surface area contributed by atoms with E-state index in [1.807, 2.05) is 12.1 Å². The lowest BCUT2D eigenvalue weighted by Gasteiger charge is -2.49. The summed E-state index contributed by atoms with van der Waals surface area (Å²) in [7, 11) is 0. The minimum absolute atomic E-state index is 0.0181. The van der Waals surface area contributed by atoms with E-state index in [0.717, 1.165) is 45.5 Å². The van der Waals surface area contributed by atoms with Gasteiger partial charge in [0, 0.05) is 47.0 Å². The molecule has 2 atom stereocenters. The molecule has 3 heterocycles. The number of benzene rings is 2. The summed E-state index contributed by atoms with van der Waals surface area (Å²) >= 11 is 1.28. The highest BCUT2D eigenvalue weighted by Crippen LogP contribution is 2.41. The van der Waals surface area contributed by atoms with Crippen molar-refractivity contribution in [3.8, 4) is 17.0 Å². The summed E-state index contributed by atoms with van der Waals surface area (Å²) in [4.78, 5) is 63.6. The van der Waals surface area contributed by atoms with Crippen molar-refractivity contribution in [1.82, 2.24) is 15.2 Å². The van der Waals surface area contributed by atoms with Crippen LogP contribution in [-0.2, 0) is 36.8 Å². The lowest BCUT2D eigenvalue weighted by atomic mass is 9.89. The first kappa shape index (κ1) is 27.3. The van der Waals surface area contributed by atoms with E-state index in [1.54, 1.807) is 12.1 Å². The molecule has 216 valence electrons. The molecule has 0 bridgehead atoms. The van der Waals surface area contributed by atoms with E-state index in [4.69, 9.17) is 9.47 Å². The van der Waals surface area contributed by atoms with E-state index in [9.17, 15) is 34.4 Å². The number of hydrogen-bond donors (Lipinski definition) is 3. The molecule has 42 heavy (non-hydrogen) atoms. The van der Waals surface area contributed by atoms with Gasteiger partial charge in [0.05, 0.1) is 10.4 Å². The highest BCUT2D eigenvalue weighted by molar-refractivity contribution is 8.00. The maximum Gasteiger partial charge on any atom is 0.352 e. The number of β-lactam (4-membered cyclic amide) rings is 1. The van der Waals surface area contributed by atoms with Crippen molar-refractivity contribution in [2.75, 3.05) is 19.0 Å². The summed E-state index contributed by atoms with van der Waals surface area (Å²) in [6.45, 7) is 0.639. The molecule has 1 aliphatic carbocycles. The zero-order chi connectivity index (χ0) is 29.7. The van der Waals surface area contributed by atoms with Crippen LogP contribution in [0.25, 0.3) is 22.2 Å². The molecule has 3 aliphatic rings. The van der Waals surface area contributed by atoms with Gasteiger partial charge in [-0.25, -0.2) is 4.79 Å². The highest BCUT2D eigenvalue weighted by Gasteiger charge is 2.54. The maximum atomic E-state index is 12.8. The fourth-order valence-corrected chi connectivity index (χ4v) is 6.89. The molecule has 1 aromatic heterocycles. The number of carboxylic acid groups (broad SMARTS) is 1. The minimum Gasteiger partial charge on any atom is -0.484 e. The second-order valence-corrected chi connectivity index (χ2v) is 11.2. The zero-order valence-electron chi connectivity index (χ0n) is 22.2. The number of carboxylic acids is 1. The molecular formula is C28H24N4O9S. The summed E-state index contributed by atoms with van der Waals surface area (Å²) in [5.41, 5.74) is 4.76. The minimum atomic E-state index is -1.31. The molecule has 2 aliphatic heterocycles. The normalized spacial score (nSPS) is 18.9. The quantitative estimate of drug-likeness (QED) is 0.152. The Kier molecular flexibility index (Phi) is 6.85. The number of amides is 2. The molecule has 2 amide bonds. The predicted molar refractivity (Wildman–Crippen MR) is 150 cm³/mol. The Labute approximate surface area is 242 Å². The summed E-state index contributed by atoms with van der Waals surface area (Å²) in [5, 5.41) is 23.8. The number of aromatic amines is 1. The number of nitrogens with one attached hydrogen (secondary N) is 2. The molecule has 1 fully saturated rings. The van der Waals surface area contributed by atoms with Gasteiger partial charge in [0.1, 0.15) is 29.5 Å². The third-order valence-electron chi connectivity index (χ3n) is 7.48. The van der Waals surface area contributed by atoms with Gasteiger partial charge in [-0.15, -0.1) is 11.8 Å². The Bertz CT molecular complexity index is 1730. The van der Waals surface area contributed by atoms with Crippen LogP contribution in [0.15, 0.2) is 47.7 Å². The van der Waals surface area contributed by atoms with Crippen LogP contribution >= 0.6 is 11.8 Å². The van der Waals surface area contributed by atoms with Crippen LogP contribution in [0.2, 0.25) is 0 Å². The largest absolute Gasteiger partial charge is 0.484 e. The fourth-order valence-electron chi connectivity index (χ4n) is 5.56. The van der Waals surface area contributed by atoms with Crippen LogP contribution in [0.5, 0.6) is 5.75 Å². The van der Waals surface area contributed by atoms with E-state index >= 15 is 0 Å². The number of rotatable bonds is 8. The van der Waals surface area contributed by atoms with E-state index in [2.05, 4.69) is 10.3 Å². The van der Waals surface area contributed by atoms with Crippen molar-refractivity contribution in [3.63, 3.8) is 0 Å². The number of aromatic nitrogens is 1. The molecule has 0 saturated carbocycles. The van der Waals surface area contributed by atoms with Crippen molar-refractivity contribution in [3.05, 3.63) is 68.9 Å². The monoisotopic (exact) mass is 592 g/mol. The second-order valence-electron chi connectivity index (χ2n) is 10.1. The molecule has 0 spiro atoms. The molecule has 2 aromatic carbocycles. The zero-order valence-corrected chi connectivity index (χ0v) is 23.0. The van der Waals surface area contributed by atoms with Gasteiger partial charge in [0.15, 0.2) is 6.61 Å². The Morgan fingerprint density at radius 1 is 1.21 bits per heavy atom. The number of fused-ring (bicyclic) bond motifs is 6. The second kappa shape index (κ2) is 10.5. The lowest BCUT2D eigenvalue weighted by molar-refractivity contribution is -0.384. The molecule has 0 unspecified atom stereocenters. The van der Waals surface area contributed by atoms with Crippen LogP contribution in [0.1, 0.15) is 18.1 Å². The standard InChI is InChI=1S/C28H24N4O9S/c1-13(33)40-10-15-12-42-27-24(26(35)31(27)25(15)28(36)37)30-22(34)11-41-17-4-7-18-14(8-17)2-5-20-19-6-3-16(32(38)39)9-21(19)29-23(18)20/h3-4,6-9,24,27,29H,2,5,10-12H2,1H3,(H,30,34)(H,36,37)/t24-,27-/m1/s1. The van der Waals surface area contributed by atoms with E-state index in [1.165, 1.54) is 30.8 Å². The Morgan fingerprint density at radius 3 is 2.76 bits per heavy atom. The Hall–Kier alpha value is -4.85. The van der Waals surface area contributed by atoms with Crippen molar-refractivity contribution >= 4 is 52.1 Å². The molecule has 6 rings (SSSR count). The third-order valence-corrected chi connectivity index (χ3v) is 8.82. The van der Waals surface area contributed by atoms with Crippen LogP contribution in [0.4, 0.5) is 5.69 Å². The molecule has 1 saturated heterocycles. The summed E-state index contributed by atoms with van der Waals surface area (Å²) in [5.74, 6) is -2.26. The Morgan fingerprint density at radius 2 is 2.02 bits per heavy atom. The van der Waals surface area contributed by atoms with E-state index in [0.29, 0.717) is 16.8 Å². The molecule has 0 radical (unpaired) electrons. The number of hydrogen-bond acceptors (Lipinski definition) is 9. The smallest absolute Gasteiger partial charge is 0.352 e. The summed E-state index contributed by atoms with van der Waals surface area (Å²) < 4.78 is 10.6. The molecular weight excluding hydrogens is 568 g/mol. The first-order valence-electron chi connectivity index (χ1n) is 13.0. The first-order chi connectivity index (χ1) is 20.1. The van der Waals surface area contributed by atoms with Gasteiger partial charge < -0.3 is 24.9 Å². The number of nitro groups is 1. The molecule has 13 nitrogen and oxygen atoms in total. The average Bonchev–Trinajstić information content (AvgIpc) is 3.35. The number of carbonyl (C=O) groups excluding carboxylic acids is 3. The van der Waals surface area contributed by atoms with Crippen LogP contribution in [-0.4, -0.2) is 74.0 Å². The van der Waals surface area contributed by atoms with Crippen molar-refractivity contribution in [1.29, 1.82) is 0 Å². The maximum absolute atomic E-state index is 12.8. The van der Waals surface area contributed by atoms with Gasteiger partial charge in [0.2, 0.25) is 0 Å². The van der Waals surface area contributed by atoms with E-state index in [-0.39, 0.29) is 30.4 Å². The number of thioether (sulfide) groups is 1. The number of carbonyl (C=O) groups is 4. The third kappa shape index (κ3) is 4.72. The number of aryl methyl sites for hydroxylation is 2. The van der Waals surface area contributed by atoms with Crippen molar-refractivity contribution < 1.29 is 38.7 Å². The van der Waals surface area contributed by atoms with Gasteiger partial charge in [-0.1, -0.05) is 0 Å². The number of esters is 1. The van der Waals surface area contributed by atoms with Crippen LogP contribution in [0, 0.1) is 10.1 Å². The average molecular weight is 593 g/mol. The first-order valence-corrected chi connectivity index (χ1v) is 14.0. The number of aliphatic carboxylic acids is 1. The topological polar surface area (TPSA) is 181 Å². The number of nitrogens with zero attached hydrogens (tertiary/aromatic N) is 2. The van der Waals surface area contributed by atoms with Crippen LogP contribution < -0.4 is 10.1 Å². The highest BCUT2D eigenvalue weighted by atomic mass is 32.2. The molecule has 14 heteroatoms. The van der Waals surface area contributed by atoms with Gasteiger partial charge in [-0.05, 0) is 48.2 Å². The van der Waals surface area contributed by atoms with Crippen LogP contribution in [0.3, 0.4) is 0 Å². The number of nitro benzene ring substituents is 1.